The van der Waals surface area contributed by atoms with Crippen LogP contribution in [0, 0.1) is 18.6 Å². The summed E-state index contributed by atoms with van der Waals surface area (Å²) < 4.78 is 31.1. The van der Waals surface area contributed by atoms with Crippen molar-refractivity contribution in [2.75, 3.05) is 0 Å². The molecule has 1 fully saturated rings. The molecule has 0 unspecified atom stereocenters. The normalized spacial score (nSPS) is 15.9. The molecule has 1 aliphatic rings. The van der Waals surface area contributed by atoms with Crippen LogP contribution in [0.15, 0.2) is 12.1 Å². The van der Waals surface area contributed by atoms with Crippen LogP contribution in [0.3, 0.4) is 0 Å². The van der Waals surface area contributed by atoms with Gasteiger partial charge in [0, 0.05) is 6.07 Å². The minimum Gasteiger partial charge on any atom is -0.487 e. The Bertz CT molecular complexity index is 309. The van der Waals surface area contributed by atoms with Gasteiger partial charge in [-0.05, 0) is 31.4 Å². The largest absolute Gasteiger partial charge is 0.487 e. The SMILES string of the molecule is Cc1cc(F)cc(F)c1OC1CC1. The number of benzene rings is 1. The van der Waals surface area contributed by atoms with Crippen LogP contribution >= 0.6 is 0 Å². The molecule has 0 atom stereocenters. The first-order valence-electron chi connectivity index (χ1n) is 4.29. The number of hydrogen-bond acceptors (Lipinski definition) is 1. The van der Waals surface area contributed by atoms with Gasteiger partial charge in [-0.25, -0.2) is 8.78 Å². The first kappa shape index (κ1) is 8.48. The molecule has 1 aliphatic carbocycles. The molecular formula is C10H10F2O. The minimum atomic E-state index is -0.607. The van der Waals surface area contributed by atoms with E-state index in [4.69, 9.17) is 4.74 Å². The van der Waals surface area contributed by atoms with E-state index in [0.29, 0.717) is 5.56 Å². The van der Waals surface area contributed by atoms with Crippen molar-refractivity contribution in [1.29, 1.82) is 0 Å². The smallest absolute Gasteiger partial charge is 0.168 e. The Kier molecular flexibility index (Phi) is 1.94. The molecule has 1 nitrogen and oxygen atoms in total. The summed E-state index contributed by atoms with van der Waals surface area (Å²) in [7, 11) is 0. The zero-order valence-corrected chi connectivity index (χ0v) is 7.31. The van der Waals surface area contributed by atoms with Crippen molar-refractivity contribution in [3.63, 3.8) is 0 Å². The van der Waals surface area contributed by atoms with E-state index in [1.165, 1.54) is 6.07 Å². The highest BCUT2D eigenvalue weighted by atomic mass is 19.1. The van der Waals surface area contributed by atoms with E-state index in [-0.39, 0.29) is 11.9 Å². The number of rotatable bonds is 2. The molecule has 70 valence electrons. The Morgan fingerprint density at radius 3 is 2.54 bits per heavy atom. The molecule has 0 amide bonds. The van der Waals surface area contributed by atoms with E-state index in [0.717, 1.165) is 18.9 Å². The summed E-state index contributed by atoms with van der Waals surface area (Å²) in [5.41, 5.74) is 0.518. The molecule has 1 saturated carbocycles. The Hall–Kier alpha value is -1.12. The molecule has 13 heavy (non-hydrogen) atoms. The van der Waals surface area contributed by atoms with Crippen molar-refractivity contribution >= 4 is 0 Å². The maximum atomic E-state index is 13.1. The number of ether oxygens (including phenoxy) is 1. The molecule has 0 radical (unpaired) electrons. The minimum absolute atomic E-state index is 0.138. The summed E-state index contributed by atoms with van der Waals surface area (Å²) in [4.78, 5) is 0. The van der Waals surface area contributed by atoms with Crippen LogP contribution in [0.25, 0.3) is 0 Å². The third kappa shape index (κ3) is 1.79. The molecule has 0 heterocycles. The lowest BCUT2D eigenvalue weighted by Gasteiger charge is -2.08. The molecule has 2 rings (SSSR count). The molecule has 0 N–H and O–H groups in total. The lowest BCUT2D eigenvalue weighted by Crippen LogP contribution is -2.01. The summed E-state index contributed by atoms with van der Waals surface area (Å²) in [5.74, 6) is -0.966. The fraction of sp³-hybridized carbons (Fsp3) is 0.400. The average molecular weight is 184 g/mol. The maximum Gasteiger partial charge on any atom is 0.168 e. The Morgan fingerprint density at radius 1 is 1.31 bits per heavy atom. The van der Waals surface area contributed by atoms with Crippen molar-refractivity contribution in [1.82, 2.24) is 0 Å². The first-order chi connectivity index (χ1) is 6.16. The Morgan fingerprint density at radius 2 is 2.00 bits per heavy atom. The lowest BCUT2D eigenvalue weighted by molar-refractivity contribution is 0.284. The monoisotopic (exact) mass is 184 g/mol. The topological polar surface area (TPSA) is 9.23 Å². The van der Waals surface area contributed by atoms with Crippen LogP contribution in [0.1, 0.15) is 18.4 Å². The van der Waals surface area contributed by atoms with E-state index in [1.807, 2.05) is 0 Å². The molecule has 1 aromatic carbocycles. The predicted octanol–water partition coefficient (Wildman–Crippen LogP) is 2.81. The summed E-state index contributed by atoms with van der Waals surface area (Å²) in [6.07, 6.45) is 2.07. The molecule has 0 saturated heterocycles. The Balaban J connectivity index is 2.31. The molecular weight excluding hydrogens is 174 g/mol. The summed E-state index contributed by atoms with van der Waals surface area (Å²) in [5, 5.41) is 0. The van der Waals surface area contributed by atoms with Gasteiger partial charge in [0.25, 0.3) is 0 Å². The van der Waals surface area contributed by atoms with Gasteiger partial charge in [-0.3, -0.25) is 0 Å². The average Bonchev–Trinajstić information content (AvgIpc) is 2.79. The second-order valence-corrected chi connectivity index (χ2v) is 3.35. The van der Waals surface area contributed by atoms with Gasteiger partial charge in [0.1, 0.15) is 5.82 Å². The lowest BCUT2D eigenvalue weighted by atomic mass is 10.2. The number of halogens is 2. The van der Waals surface area contributed by atoms with Gasteiger partial charge in [0.2, 0.25) is 0 Å². The quantitative estimate of drug-likeness (QED) is 0.686. The van der Waals surface area contributed by atoms with Crippen LogP contribution in [0.4, 0.5) is 8.78 Å². The summed E-state index contributed by atoms with van der Waals surface area (Å²) in [6.45, 7) is 1.64. The van der Waals surface area contributed by atoms with Crippen molar-refractivity contribution in [3.8, 4) is 5.75 Å². The van der Waals surface area contributed by atoms with Gasteiger partial charge >= 0.3 is 0 Å². The molecule has 1 aromatic rings. The fourth-order valence-electron chi connectivity index (χ4n) is 1.19. The van der Waals surface area contributed by atoms with E-state index >= 15 is 0 Å². The predicted molar refractivity (Wildman–Crippen MR) is 44.7 cm³/mol. The highest BCUT2D eigenvalue weighted by Gasteiger charge is 2.25. The van der Waals surface area contributed by atoms with E-state index in [9.17, 15) is 8.78 Å². The maximum absolute atomic E-state index is 13.1. The highest BCUT2D eigenvalue weighted by Crippen LogP contribution is 2.31. The zero-order valence-electron chi connectivity index (χ0n) is 7.31. The van der Waals surface area contributed by atoms with Gasteiger partial charge < -0.3 is 4.74 Å². The van der Waals surface area contributed by atoms with Crippen molar-refractivity contribution < 1.29 is 13.5 Å². The molecule has 0 bridgehead atoms. The highest BCUT2D eigenvalue weighted by molar-refractivity contribution is 5.34. The third-order valence-electron chi connectivity index (χ3n) is 2.00. The van der Waals surface area contributed by atoms with Crippen LogP contribution in [-0.4, -0.2) is 6.10 Å². The fourth-order valence-corrected chi connectivity index (χ4v) is 1.19. The van der Waals surface area contributed by atoms with Crippen molar-refractivity contribution in [2.45, 2.75) is 25.9 Å². The standard InChI is InChI=1S/C10H10F2O/c1-6-4-7(11)5-9(12)10(6)13-8-2-3-8/h4-5,8H,2-3H2,1H3. The van der Waals surface area contributed by atoms with Crippen LogP contribution < -0.4 is 4.74 Å². The first-order valence-corrected chi connectivity index (χ1v) is 4.29. The number of aryl methyl sites for hydroxylation is 1. The van der Waals surface area contributed by atoms with E-state index in [1.54, 1.807) is 6.92 Å². The van der Waals surface area contributed by atoms with Gasteiger partial charge in [-0.2, -0.15) is 0 Å². The van der Waals surface area contributed by atoms with Gasteiger partial charge in [-0.1, -0.05) is 0 Å². The molecule has 0 aliphatic heterocycles. The van der Waals surface area contributed by atoms with Gasteiger partial charge in [0.05, 0.1) is 6.10 Å². The van der Waals surface area contributed by atoms with Crippen LogP contribution in [0.2, 0.25) is 0 Å². The van der Waals surface area contributed by atoms with E-state index in [2.05, 4.69) is 0 Å². The van der Waals surface area contributed by atoms with Crippen LogP contribution in [0.5, 0.6) is 5.75 Å². The second kappa shape index (κ2) is 2.98. The van der Waals surface area contributed by atoms with E-state index < -0.39 is 11.6 Å². The van der Waals surface area contributed by atoms with Gasteiger partial charge in [-0.15, -0.1) is 0 Å². The van der Waals surface area contributed by atoms with Gasteiger partial charge in [0.15, 0.2) is 11.6 Å². The molecule has 3 heteroatoms. The zero-order chi connectivity index (χ0) is 9.42. The van der Waals surface area contributed by atoms with Crippen molar-refractivity contribution in [3.05, 3.63) is 29.3 Å². The Labute approximate surface area is 75.3 Å². The number of hydrogen-bond donors (Lipinski definition) is 0. The summed E-state index contributed by atoms with van der Waals surface area (Å²) in [6, 6.07) is 2.13. The van der Waals surface area contributed by atoms with Crippen LogP contribution in [-0.2, 0) is 0 Å². The second-order valence-electron chi connectivity index (χ2n) is 3.35. The molecule has 0 spiro atoms. The summed E-state index contributed by atoms with van der Waals surface area (Å²) >= 11 is 0. The molecule has 0 aromatic heterocycles. The third-order valence-corrected chi connectivity index (χ3v) is 2.00. The van der Waals surface area contributed by atoms with Crippen molar-refractivity contribution in [2.24, 2.45) is 0 Å².